The summed E-state index contributed by atoms with van der Waals surface area (Å²) in [6, 6.07) is 9.32. The van der Waals surface area contributed by atoms with Gasteiger partial charge in [-0.2, -0.15) is 0 Å². The molecule has 0 bridgehead atoms. The van der Waals surface area contributed by atoms with Gasteiger partial charge >= 0.3 is 0 Å². The lowest BCUT2D eigenvalue weighted by atomic mass is 9.96. The highest BCUT2D eigenvalue weighted by molar-refractivity contribution is 5.44. The largest absolute Gasteiger partial charge is 0.353 e. The van der Waals surface area contributed by atoms with Gasteiger partial charge in [0, 0.05) is 24.1 Å². The lowest BCUT2D eigenvalue weighted by molar-refractivity contribution is 0.460. The lowest BCUT2D eigenvalue weighted by Crippen LogP contribution is -2.24. The van der Waals surface area contributed by atoms with Crippen LogP contribution in [0.1, 0.15) is 57.4 Å². The monoisotopic (exact) mass is 283 g/mol. The molecule has 1 saturated carbocycles. The Balaban J connectivity index is 1.82. The second kappa shape index (κ2) is 6.33. The van der Waals surface area contributed by atoms with E-state index in [1.165, 1.54) is 43.4 Å². The maximum atomic E-state index is 4.51. The molecule has 3 heteroatoms. The molecule has 1 fully saturated rings. The molecule has 1 aliphatic carbocycles. The number of rotatable bonds is 4. The highest BCUT2D eigenvalue weighted by Crippen LogP contribution is 2.24. The van der Waals surface area contributed by atoms with Crippen molar-refractivity contribution in [3.05, 3.63) is 42.2 Å². The summed E-state index contributed by atoms with van der Waals surface area (Å²) in [5.41, 5.74) is 2.56. The number of hydrogen-bond acceptors (Lipinski definition) is 2. The number of imidazole rings is 1. The molecule has 1 aromatic carbocycles. The summed E-state index contributed by atoms with van der Waals surface area (Å²) in [5, 5.41) is 3.63. The van der Waals surface area contributed by atoms with Gasteiger partial charge in [-0.25, -0.2) is 4.98 Å². The third-order valence-corrected chi connectivity index (χ3v) is 4.39. The molecule has 3 nitrogen and oxygen atoms in total. The van der Waals surface area contributed by atoms with Crippen LogP contribution >= 0.6 is 0 Å². The molecule has 1 aliphatic rings. The van der Waals surface area contributed by atoms with Gasteiger partial charge in [0.15, 0.2) is 0 Å². The standard InChI is InChI=1S/C18H25N3/c1-14(2)15-7-6-10-17(13-15)21-12-11-19-18(21)20-16-8-4-3-5-9-16/h6-7,10-14,16H,3-5,8-9H2,1-2H3,(H,19,20). The van der Waals surface area contributed by atoms with Crippen LogP contribution in [0.25, 0.3) is 5.69 Å². The summed E-state index contributed by atoms with van der Waals surface area (Å²) in [6.07, 6.45) is 10.5. The van der Waals surface area contributed by atoms with Crippen molar-refractivity contribution in [1.82, 2.24) is 9.55 Å². The summed E-state index contributed by atoms with van der Waals surface area (Å²) in [7, 11) is 0. The van der Waals surface area contributed by atoms with Gasteiger partial charge in [0.2, 0.25) is 5.95 Å². The zero-order valence-electron chi connectivity index (χ0n) is 13.0. The van der Waals surface area contributed by atoms with E-state index in [-0.39, 0.29) is 0 Å². The highest BCUT2D eigenvalue weighted by atomic mass is 15.2. The van der Waals surface area contributed by atoms with Crippen molar-refractivity contribution >= 4 is 5.95 Å². The molecule has 1 aromatic heterocycles. The third-order valence-electron chi connectivity index (χ3n) is 4.39. The van der Waals surface area contributed by atoms with Crippen molar-refractivity contribution in [1.29, 1.82) is 0 Å². The fourth-order valence-electron chi connectivity index (χ4n) is 3.08. The molecule has 0 spiro atoms. The number of anilines is 1. The van der Waals surface area contributed by atoms with E-state index in [1.54, 1.807) is 0 Å². The highest BCUT2D eigenvalue weighted by Gasteiger charge is 2.15. The van der Waals surface area contributed by atoms with Crippen molar-refractivity contribution in [2.24, 2.45) is 0 Å². The Hall–Kier alpha value is -1.77. The maximum absolute atomic E-state index is 4.51. The first-order valence-corrected chi connectivity index (χ1v) is 8.14. The molecule has 3 rings (SSSR count). The molecule has 0 unspecified atom stereocenters. The minimum absolute atomic E-state index is 0.545. The van der Waals surface area contributed by atoms with Gasteiger partial charge in [-0.3, -0.25) is 4.57 Å². The first kappa shape index (κ1) is 14.2. The van der Waals surface area contributed by atoms with Crippen LogP contribution in [-0.2, 0) is 0 Å². The normalized spacial score (nSPS) is 16.3. The van der Waals surface area contributed by atoms with Crippen LogP contribution in [0.2, 0.25) is 0 Å². The van der Waals surface area contributed by atoms with E-state index in [2.05, 4.69) is 53.0 Å². The van der Waals surface area contributed by atoms with E-state index < -0.39 is 0 Å². The number of nitrogens with one attached hydrogen (secondary N) is 1. The Morgan fingerprint density at radius 1 is 1.19 bits per heavy atom. The van der Waals surface area contributed by atoms with Gasteiger partial charge in [0.25, 0.3) is 0 Å². The summed E-state index contributed by atoms with van der Waals surface area (Å²) >= 11 is 0. The predicted octanol–water partition coefficient (Wildman–Crippen LogP) is 4.74. The number of aromatic nitrogens is 2. The summed E-state index contributed by atoms with van der Waals surface area (Å²) in [4.78, 5) is 4.51. The lowest BCUT2D eigenvalue weighted by Gasteiger charge is -2.23. The molecule has 0 saturated heterocycles. The summed E-state index contributed by atoms with van der Waals surface area (Å²) < 4.78 is 2.17. The van der Waals surface area contributed by atoms with Gasteiger partial charge in [-0.05, 0) is 36.5 Å². The van der Waals surface area contributed by atoms with Crippen LogP contribution in [-0.4, -0.2) is 15.6 Å². The molecule has 0 aliphatic heterocycles. The fraction of sp³-hybridized carbons (Fsp3) is 0.500. The number of benzene rings is 1. The van der Waals surface area contributed by atoms with E-state index in [1.807, 2.05) is 12.4 Å². The number of nitrogens with zero attached hydrogens (tertiary/aromatic N) is 2. The quantitative estimate of drug-likeness (QED) is 0.878. The SMILES string of the molecule is CC(C)c1cccc(-n2ccnc2NC2CCCCC2)c1. The minimum Gasteiger partial charge on any atom is -0.353 e. The molecule has 0 amide bonds. The van der Waals surface area contributed by atoms with Gasteiger partial charge in [0.1, 0.15) is 0 Å². The van der Waals surface area contributed by atoms with Crippen molar-refractivity contribution in [2.45, 2.75) is 57.9 Å². The van der Waals surface area contributed by atoms with Gasteiger partial charge in [-0.1, -0.05) is 45.2 Å². The molecule has 1 N–H and O–H groups in total. The van der Waals surface area contributed by atoms with E-state index in [0.717, 1.165) is 5.95 Å². The first-order valence-electron chi connectivity index (χ1n) is 8.14. The summed E-state index contributed by atoms with van der Waals surface area (Å²) in [6.45, 7) is 4.46. The van der Waals surface area contributed by atoms with Gasteiger partial charge in [0.05, 0.1) is 0 Å². The fourth-order valence-corrected chi connectivity index (χ4v) is 3.08. The average molecular weight is 283 g/mol. The molecule has 1 heterocycles. The predicted molar refractivity (Wildman–Crippen MR) is 88.1 cm³/mol. The van der Waals surface area contributed by atoms with Crippen LogP contribution in [0.5, 0.6) is 0 Å². The molecular formula is C18H25N3. The zero-order chi connectivity index (χ0) is 14.7. The Labute approximate surface area is 127 Å². The second-order valence-corrected chi connectivity index (χ2v) is 6.35. The topological polar surface area (TPSA) is 29.9 Å². The maximum Gasteiger partial charge on any atom is 0.207 e. The first-order chi connectivity index (χ1) is 10.2. The van der Waals surface area contributed by atoms with E-state index >= 15 is 0 Å². The molecule has 21 heavy (non-hydrogen) atoms. The van der Waals surface area contributed by atoms with Crippen LogP contribution in [0.15, 0.2) is 36.7 Å². The smallest absolute Gasteiger partial charge is 0.207 e. The third kappa shape index (κ3) is 3.29. The van der Waals surface area contributed by atoms with E-state index in [4.69, 9.17) is 0 Å². The van der Waals surface area contributed by atoms with Crippen LogP contribution < -0.4 is 5.32 Å². The van der Waals surface area contributed by atoms with Crippen molar-refractivity contribution in [2.75, 3.05) is 5.32 Å². The molecule has 112 valence electrons. The molecule has 0 atom stereocenters. The van der Waals surface area contributed by atoms with E-state index in [9.17, 15) is 0 Å². The van der Waals surface area contributed by atoms with Gasteiger partial charge in [-0.15, -0.1) is 0 Å². The molecular weight excluding hydrogens is 258 g/mol. The van der Waals surface area contributed by atoms with Crippen LogP contribution in [0.3, 0.4) is 0 Å². The Kier molecular flexibility index (Phi) is 4.28. The van der Waals surface area contributed by atoms with Crippen LogP contribution in [0.4, 0.5) is 5.95 Å². The van der Waals surface area contributed by atoms with Crippen molar-refractivity contribution in [3.63, 3.8) is 0 Å². The summed E-state index contributed by atoms with van der Waals surface area (Å²) in [5.74, 6) is 1.52. The second-order valence-electron chi connectivity index (χ2n) is 6.35. The minimum atomic E-state index is 0.545. The van der Waals surface area contributed by atoms with Gasteiger partial charge < -0.3 is 5.32 Å². The Bertz CT molecular complexity index is 580. The van der Waals surface area contributed by atoms with Crippen molar-refractivity contribution < 1.29 is 0 Å². The molecule has 0 radical (unpaired) electrons. The van der Waals surface area contributed by atoms with E-state index in [0.29, 0.717) is 12.0 Å². The number of hydrogen-bond donors (Lipinski definition) is 1. The Morgan fingerprint density at radius 3 is 2.76 bits per heavy atom. The Morgan fingerprint density at radius 2 is 2.00 bits per heavy atom. The average Bonchev–Trinajstić information content (AvgIpc) is 2.96. The zero-order valence-corrected chi connectivity index (χ0v) is 13.0. The molecule has 2 aromatic rings. The van der Waals surface area contributed by atoms with Crippen molar-refractivity contribution in [3.8, 4) is 5.69 Å². The van der Waals surface area contributed by atoms with Crippen LogP contribution in [0, 0.1) is 0 Å².